The van der Waals surface area contributed by atoms with E-state index in [1.54, 1.807) is 20.3 Å². The molecule has 1 heterocycles. The highest BCUT2D eigenvalue weighted by Gasteiger charge is 2.27. The van der Waals surface area contributed by atoms with Crippen molar-refractivity contribution >= 4 is 5.69 Å². The second kappa shape index (κ2) is 12.3. The topological polar surface area (TPSA) is 65.4 Å². The fraction of sp³-hybridized carbons (Fsp3) is 0.455. The molecule has 1 fully saturated rings. The van der Waals surface area contributed by atoms with Crippen molar-refractivity contribution < 1.29 is 19.7 Å². The summed E-state index contributed by atoms with van der Waals surface area (Å²) in [6.07, 6.45) is 5.23. The summed E-state index contributed by atoms with van der Waals surface area (Å²) in [6, 6.07) is 19.0. The summed E-state index contributed by atoms with van der Waals surface area (Å²) in [4.78, 5) is 4.68. The molecule has 2 N–H and O–H groups in total. The van der Waals surface area contributed by atoms with Crippen LogP contribution in [0.2, 0.25) is 0 Å². The van der Waals surface area contributed by atoms with E-state index in [-0.39, 0.29) is 6.61 Å². The van der Waals surface area contributed by atoms with Crippen LogP contribution in [0.5, 0.6) is 17.2 Å². The number of phenols is 1. The maximum atomic E-state index is 10.1. The van der Waals surface area contributed by atoms with Gasteiger partial charge in [0.15, 0.2) is 11.5 Å². The lowest BCUT2D eigenvalue weighted by molar-refractivity contribution is 0.255. The second-order valence-electron chi connectivity index (χ2n) is 11.1. The molecule has 0 radical (unpaired) electrons. The van der Waals surface area contributed by atoms with E-state index >= 15 is 0 Å². The van der Waals surface area contributed by atoms with E-state index in [2.05, 4.69) is 59.3 Å². The third kappa shape index (κ3) is 6.18. The number of anilines is 1. The lowest BCUT2D eigenvalue weighted by Gasteiger charge is -2.33. The van der Waals surface area contributed by atoms with Crippen LogP contribution >= 0.6 is 0 Å². The smallest absolute Gasteiger partial charge is 0.162 e. The van der Waals surface area contributed by atoms with Gasteiger partial charge in [-0.05, 0) is 110 Å². The highest BCUT2D eigenvalue weighted by atomic mass is 16.5. The second-order valence-corrected chi connectivity index (χ2v) is 11.1. The van der Waals surface area contributed by atoms with Crippen molar-refractivity contribution in [2.24, 2.45) is 0 Å². The number of aliphatic hydroxyl groups excluding tert-OH is 1. The first-order valence-electron chi connectivity index (χ1n) is 14.2. The number of fused-ring (bicyclic) bond motifs is 1. The van der Waals surface area contributed by atoms with Crippen LogP contribution in [0.25, 0.3) is 0 Å². The Morgan fingerprint density at radius 1 is 0.872 bits per heavy atom. The van der Waals surface area contributed by atoms with Gasteiger partial charge in [0.1, 0.15) is 5.75 Å². The highest BCUT2D eigenvalue weighted by molar-refractivity contribution is 5.64. The van der Waals surface area contributed by atoms with Gasteiger partial charge in [0.05, 0.1) is 20.8 Å². The van der Waals surface area contributed by atoms with Crippen molar-refractivity contribution in [1.29, 1.82) is 0 Å². The molecule has 3 aromatic carbocycles. The minimum atomic E-state index is 0.0637. The number of piperidine rings is 1. The predicted molar refractivity (Wildman–Crippen MR) is 156 cm³/mol. The lowest BCUT2D eigenvalue weighted by Crippen LogP contribution is -2.29. The molecule has 5 rings (SSSR count). The third-order valence-electron chi connectivity index (χ3n) is 8.64. The number of methoxy groups -OCH3 is 2. The van der Waals surface area contributed by atoms with E-state index in [0.717, 1.165) is 43.8 Å². The van der Waals surface area contributed by atoms with Crippen LogP contribution < -0.4 is 14.4 Å². The van der Waals surface area contributed by atoms with E-state index in [1.165, 1.54) is 40.7 Å². The molecule has 208 valence electrons. The van der Waals surface area contributed by atoms with Gasteiger partial charge in [-0.15, -0.1) is 0 Å². The Bertz CT molecular complexity index is 1250. The first kappa shape index (κ1) is 27.4. The number of aromatic hydroxyl groups is 1. The Morgan fingerprint density at radius 2 is 1.59 bits per heavy atom. The zero-order chi connectivity index (χ0) is 27.4. The third-order valence-corrected chi connectivity index (χ3v) is 8.64. The zero-order valence-corrected chi connectivity index (χ0v) is 23.5. The van der Waals surface area contributed by atoms with Crippen LogP contribution in [0.1, 0.15) is 58.9 Å². The Kier molecular flexibility index (Phi) is 8.63. The molecule has 0 amide bonds. The standard InChI is InChI=1S/C33H42N2O4/c1-34-14-12-25(13-15-34)24-6-4-23(5-7-24)22-35(16-17-36)31-21-33(39-3)32(38-2)20-30(31)28-9-8-27-19-29(37)11-10-26(27)18-28/h4-7,10-11,19-21,25,28,36-37H,8-9,12-18,22H2,1-3H3/t28-/m0/s1. The Hall–Kier alpha value is -3.22. The van der Waals surface area contributed by atoms with Crippen LogP contribution in [-0.4, -0.2) is 62.6 Å². The minimum Gasteiger partial charge on any atom is -0.508 e. The largest absolute Gasteiger partial charge is 0.508 e. The van der Waals surface area contributed by atoms with Crippen molar-refractivity contribution in [2.75, 3.05) is 52.4 Å². The number of phenolic OH excluding ortho intramolecular Hbond substituents is 1. The van der Waals surface area contributed by atoms with E-state index in [1.807, 2.05) is 6.07 Å². The number of aryl methyl sites for hydroxylation is 1. The molecule has 2 aliphatic rings. The monoisotopic (exact) mass is 530 g/mol. The minimum absolute atomic E-state index is 0.0637. The first-order chi connectivity index (χ1) is 19.0. The summed E-state index contributed by atoms with van der Waals surface area (Å²) < 4.78 is 11.4. The summed E-state index contributed by atoms with van der Waals surface area (Å²) in [7, 11) is 5.55. The molecule has 0 bridgehead atoms. The summed E-state index contributed by atoms with van der Waals surface area (Å²) in [5.74, 6) is 2.68. The van der Waals surface area contributed by atoms with Gasteiger partial charge in [-0.25, -0.2) is 0 Å². The molecule has 0 aromatic heterocycles. The molecule has 1 atom stereocenters. The lowest BCUT2D eigenvalue weighted by atomic mass is 9.79. The predicted octanol–water partition coefficient (Wildman–Crippen LogP) is 5.49. The van der Waals surface area contributed by atoms with E-state index in [0.29, 0.717) is 36.4 Å². The van der Waals surface area contributed by atoms with Gasteiger partial charge in [-0.2, -0.15) is 0 Å². The normalized spacial score (nSPS) is 18.0. The summed E-state index contributed by atoms with van der Waals surface area (Å²) in [5, 5.41) is 20.0. The average Bonchev–Trinajstić information content (AvgIpc) is 2.97. The van der Waals surface area contributed by atoms with Crippen molar-refractivity contribution in [2.45, 2.75) is 50.5 Å². The van der Waals surface area contributed by atoms with Crippen molar-refractivity contribution in [3.63, 3.8) is 0 Å². The number of hydrogen-bond acceptors (Lipinski definition) is 6. The number of ether oxygens (including phenoxy) is 2. The molecule has 1 aliphatic carbocycles. The number of aliphatic hydroxyl groups is 1. The van der Waals surface area contributed by atoms with Gasteiger partial charge < -0.3 is 29.5 Å². The number of rotatable bonds is 9. The maximum absolute atomic E-state index is 10.1. The van der Waals surface area contributed by atoms with Crippen molar-refractivity contribution in [1.82, 2.24) is 4.90 Å². The molecule has 6 heteroatoms. The van der Waals surface area contributed by atoms with Gasteiger partial charge in [0, 0.05) is 24.8 Å². The fourth-order valence-electron chi connectivity index (χ4n) is 6.35. The summed E-state index contributed by atoms with van der Waals surface area (Å²) in [6.45, 7) is 3.61. The van der Waals surface area contributed by atoms with Gasteiger partial charge in [-0.3, -0.25) is 0 Å². The summed E-state index contributed by atoms with van der Waals surface area (Å²) >= 11 is 0. The van der Waals surface area contributed by atoms with E-state index in [4.69, 9.17) is 9.47 Å². The van der Waals surface area contributed by atoms with E-state index in [9.17, 15) is 10.2 Å². The number of hydrogen-bond donors (Lipinski definition) is 2. The molecule has 1 aliphatic heterocycles. The van der Waals surface area contributed by atoms with Gasteiger partial charge >= 0.3 is 0 Å². The molecule has 0 spiro atoms. The van der Waals surface area contributed by atoms with Gasteiger partial charge in [0.2, 0.25) is 0 Å². The van der Waals surface area contributed by atoms with Crippen LogP contribution in [0.3, 0.4) is 0 Å². The Balaban J connectivity index is 1.44. The molecular weight excluding hydrogens is 488 g/mol. The zero-order valence-electron chi connectivity index (χ0n) is 23.5. The molecule has 6 nitrogen and oxygen atoms in total. The molecular formula is C33H42N2O4. The number of likely N-dealkylation sites (tertiary alicyclic amines) is 1. The summed E-state index contributed by atoms with van der Waals surface area (Å²) in [5.41, 5.74) is 7.45. The average molecular weight is 531 g/mol. The number of nitrogens with zero attached hydrogens (tertiary/aromatic N) is 2. The van der Waals surface area contributed by atoms with Crippen molar-refractivity contribution in [3.8, 4) is 17.2 Å². The molecule has 3 aromatic rings. The van der Waals surface area contributed by atoms with Crippen LogP contribution in [0.15, 0.2) is 54.6 Å². The Morgan fingerprint density at radius 3 is 2.28 bits per heavy atom. The van der Waals surface area contributed by atoms with Gasteiger partial charge in [-0.1, -0.05) is 30.3 Å². The SMILES string of the molecule is COc1cc([C@H]2CCc3cc(O)ccc3C2)c(N(CCO)Cc2ccc(C3CCN(C)CC3)cc2)cc1OC. The van der Waals surface area contributed by atoms with Crippen LogP contribution in [0.4, 0.5) is 5.69 Å². The number of benzene rings is 3. The van der Waals surface area contributed by atoms with E-state index < -0.39 is 0 Å². The molecule has 0 saturated carbocycles. The quantitative estimate of drug-likeness (QED) is 0.381. The fourth-order valence-corrected chi connectivity index (χ4v) is 6.35. The molecule has 0 unspecified atom stereocenters. The molecule has 1 saturated heterocycles. The van der Waals surface area contributed by atoms with Gasteiger partial charge in [0.25, 0.3) is 0 Å². The Labute approximate surface area is 232 Å². The van der Waals surface area contributed by atoms with Crippen LogP contribution in [-0.2, 0) is 19.4 Å². The van der Waals surface area contributed by atoms with Crippen LogP contribution in [0, 0.1) is 0 Å². The highest BCUT2D eigenvalue weighted by Crippen LogP contribution is 2.43. The van der Waals surface area contributed by atoms with Crippen molar-refractivity contribution in [3.05, 3.63) is 82.4 Å². The molecule has 39 heavy (non-hydrogen) atoms. The first-order valence-corrected chi connectivity index (χ1v) is 14.2. The maximum Gasteiger partial charge on any atom is 0.162 e.